The van der Waals surface area contributed by atoms with Crippen LogP contribution in [0.15, 0.2) is 30.6 Å². The van der Waals surface area contributed by atoms with Gasteiger partial charge in [0.25, 0.3) is 0 Å². The lowest BCUT2D eigenvalue weighted by atomic mass is 10.5. The van der Waals surface area contributed by atoms with E-state index >= 15 is 0 Å². The normalized spacial score (nSPS) is 8.29. The molecule has 0 aromatic carbocycles. The van der Waals surface area contributed by atoms with Crippen molar-refractivity contribution >= 4 is 17.3 Å². The molecule has 0 aliphatic heterocycles. The standard InChI is InChI=1S/C5H12N2S.C5H5N/c1-6(2)5(8)7(3)4;1-2-4-6-5-3-1/h1-4H3;1-5H. The van der Waals surface area contributed by atoms with E-state index in [0.29, 0.717) is 0 Å². The van der Waals surface area contributed by atoms with Crippen LogP contribution in [0.25, 0.3) is 0 Å². The van der Waals surface area contributed by atoms with Crippen LogP contribution in [-0.4, -0.2) is 48.1 Å². The first-order valence-corrected chi connectivity index (χ1v) is 4.70. The molecule has 14 heavy (non-hydrogen) atoms. The minimum Gasteiger partial charge on any atom is -0.355 e. The summed E-state index contributed by atoms with van der Waals surface area (Å²) in [6.45, 7) is 0. The first-order chi connectivity index (χ1) is 6.55. The third kappa shape index (κ3) is 6.37. The van der Waals surface area contributed by atoms with E-state index in [1.165, 1.54) is 0 Å². The summed E-state index contributed by atoms with van der Waals surface area (Å²) >= 11 is 4.95. The van der Waals surface area contributed by atoms with Gasteiger partial charge in [-0.2, -0.15) is 0 Å². The van der Waals surface area contributed by atoms with E-state index in [-0.39, 0.29) is 0 Å². The smallest absolute Gasteiger partial charge is 0.170 e. The summed E-state index contributed by atoms with van der Waals surface area (Å²) in [5.74, 6) is 0. The summed E-state index contributed by atoms with van der Waals surface area (Å²) in [5, 5.41) is 0.852. The van der Waals surface area contributed by atoms with Crippen LogP contribution in [0.2, 0.25) is 0 Å². The third-order valence-electron chi connectivity index (χ3n) is 1.33. The van der Waals surface area contributed by atoms with Crippen molar-refractivity contribution in [1.29, 1.82) is 0 Å². The second-order valence-electron chi connectivity index (χ2n) is 3.10. The van der Waals surface area contributed by atoms with Gasteiger partial charge in [0.05, 0.1) is 0 Å². The van der Waals surface area contributed by atoms with Gasteiger partial charge in [0, 0.05) is 40.6 Å². The second kappa shape index (κ2) is 7.26. The summed E-state index contributed by atoms with van der Waals surface area (Å²) in [6.07, 6.45) is 3.50. The summed E-state index contributed by atoms with van der Waals surface area (Å²) < 4.78 is 0. The minimum atomic E-state index is 0.852. The van der Waals surface area contributed by atoms with Crippen LogP contribution in [-0.2, 0) is 0 Å². The van der Waals surface area contributed by atoms with Crippen LogP contribution in [0.5, 0.6) is 0 Å². The van der Waals surface area contributed by atoms with E-state index in [1.807, 2.05) is 56.2 Å². The first kappa shape index (κ1) is 12.8. The van der Waals surface area contributed by atoms with E-state index in [4.69, 9.17) is 12.2 Å². The van der Waals surface area contributed by atoms with Crippen molar-refractivity contribution in [3.05, 3.63) is 30.6 Å². The predicted octanol–water partition coefficient (Wildman–Crippen LogP) is 1.48. The van der Waals surface area contributed by atoms with Gasteiger partial charge in [-0.05, 0) is 24.4 Å². The van der Waals surface area contributed by atoms with Crippen LogP contribution >= 0.6 is 12.2 Å². The molecule has 0 amide bonds. The van der Waals surface area contributed by atoms with Crippen LogP contribution in [0.1, 0.15) is 0 Å². The molecule has 0 fully saturated rings. The Balaban J connectivity index is 0.000000249. The Morgan fingerprint density at radius 3 is 1.43 bits per heavy atom. The average Bonchev–Trinajstić information content (AvgIpc) is 2.20. The van der Waals surface area contributed by atoms with E-state index in [9.17, 15) is 0 Å². The fraction of sp³-hybridized carbons (Fsp3) is 0.400. The van der Waals surface area contributed by atoms with Crippen LogP contribution in [0, 0.1) is 0 Å². The van der Waals surface area contributed by atoms with Gasteiger partial charge in [0.1, 0.15) is 0 Å². The van der Waals surface area contributed by atoms with Gasteiger partial charge in [-0.25, -0.2) is 0 Å². The first-order valence-electron chi connectivity index (χ1n) is 4.29. The molecule has 0 saturated carbocycles. The maximum atomic E-state index is 4.95. The predicted molar refractivity (Wildman–Crippen MR) is 64.2 cm³/mol. The molecular weight excluding hydrogens is 194 g/mol. The quantitative estimate of drug-likeness (QED) is 0.605. The van der Waals surface area contributed by atoms with Gasteiger partial charge in [-0.15, -0.1) is 0 Å². The van der Waals surface area contributed by atoms with Crippen molar-refractivity contribution in [3.63, 3.8) is 0 Å². The van der Waals surface area contributed by atoms with E-state index in [2.05, 4.69) is 4.98 Å². The molecule has 0 bridgehead atoms. The fourth-order valence-electron chi connectivity index (χ4n) is 0.713. The molecule has 3 nitrogen and oxygen atoms in total. The van der Waals surface area contributed by atoms with Crippen molar-refractivity contribution in [1.82, 2.24) is 14.8 Å². The topological polar surface area (TPSA) is 19.4 Å². The lowest BCUT2D eigenvalue weighted by Gasteiger charge is -2.20. The lowest BCUT2D eigenvalue weighted by molar-refractivity contribution is 0.501. The van der Waals surface area contributed by atoms with Gasteiger partial charge in [0.2, 0.25) is 0 Å². The largest absolute Gasteiger partial charge is 0.355 e. The molecule has 1 heterocycles. The molecular formula is C10H17N3S. The fourth-order valence-corrected chi connectivity index (χ4v) is 0.713. The zero-order valence-corrected chi connectivity index (χ0v) is 9.95. The Labute approximate surface area is 91.4 Å². The molecule has 78 valence electrons. The van der Waals surface area contributed by atoms with Gasteiger partial charge < -0.3 is 9.80 Å². The molecule has 4 heteroatoms. The molecule has 0 radical (unpaired) electrons. The van der Waals surface area contributed by atoms with Gasteiger partial charge in [0.15, 0.2) is 5.11 Å². The van der Waals surface area contributed by atoms with Crippen LogP contribution in [0.3, 0.4) is 0 Å². The molecule has 0 aliphatic rings. The van der Waals surface area contributed by atoms with Crippen LogP contribution in [0.4, 0.5) is 0 Å². The Bertz CT molecular complexity index is 210. The van der Waals surface area contributed by atoms with E-state index in [1.54, 1.807) is 12.4 Å². The molecule has 1 aromatic heterocycles. The van der Waals surface area contributed by atoms with Gasteiger partial charge >= 0.3 is 0 Å². The number of rotatable bonds is 0. The van der Waals surface area contributed by atoms with Gasteiger partial charge in [-0.1, -0.05) is 6.07 Å². The summed E-state index contributed by atoms with van der Waals surface area (Å²) in [4.78, 5) is 7.58. The summed E-state index contributed by atoms with van der Waals surface area (Å²) in [7, 11) is 7.73. The zero-order valence-electron chi connectivity index (χ0n) is 9.14. The Morgan fingerprint density at radius 2 is 1.36 bits per heavy atom. The zero-order chi connectivity index (χ0) is 11.0. The number of aromatic nitrogens is 1. The number of hydrogen-bond donors (Lipinski definition) is 0. The highest BCUT2D eigenvalue weighted by molar-refractivity contribution is 7.80. The maximum Gasteiger partial charge on any atom is 0.170 e. The molecule has 0 aliphatic carbocycles. The maximum absolute atomic E-state index is 4.95. The summed E-state index contributed by atoms with van der Waals surface area (Å²) in [6, 6.07) is 5.72. The van der Waals surface area contributed by atoms with Crippen LogP contribution < -0.4 is 0 Å². The molecule has 0 N–H and O–H groups in total. The number of thiocarbonyl (C=S) groups is 1. The number of nitrogens with zero attached hydrogens (tertiary/aromatic N) is 3. The number of pyridine rings is 1. The Morgan fingerprint density at radius 1 is 0.929 bits per heavy atom. The highest BCUT2D eigenvalue weighted by Crippen LogP contribution is 1.84. The van der Waals surface area contributed by atoms with Crippen molar-refractivity contribution in [2.75, 3.05) is 28.2 Å². The van der Waals surface area contributed by atoms with Crippen molar-refractivity contribution < 1.29 is 0 Å². The average molecular weight is 211 g/mol. The highest BCUT2D eigenvalue weighted by atomic mass is 32.1. The molecule has 0 atom stereocenters. The molecule has 1 rings (SSSR count). The van der Waals surface area contributed by atoms with Crippen molar-refractivity contribution in [2.24, 2.45) is 0 Å². The molecule has 0 unspecified atom stereocenters. The SMILES string of the molecule is CN(C)C(=S)N(C)C.c1ccncc1. The summed E-state index contributed by atoms with van der Waals surface area (Å²) in [5.41, 5.74) is 0. The monoisotopic (exact) mass is 211 g/mol. The third-order valence-corrected chi connectivity index (χ3v) is 2.06. The Hall–Kier alpha value is -1.16. The second-order valence-corrected chi connectivity index (χ2v) is 3.46. The lowest BCUT2D eigenvalue weighted by Crippen LogP contribution is -2.32. The molecule has 0 spiro atoms. The molecule has 0 saturated heterocycles. The highest BCUT2D eigenvalue weighted by Gasteiger charge is 1.97. The Kier molecular flexibility index (Phi) is 6.66. The minimum absolute atomic E-state index is 0.852. The van der Waals surface area contributed by atoms with Crippen molar-refractivity contribution in [2.45, 2.75) is 0 Å². The number of hydrogen-bond acceptors (Lipinski definition) is 2. The van der Waals surface area contributed by atoms with E-state index < -0.39 is 0 Å². The van der Waals surface area contributed by atoms with Crippen molar-refractivity contribution in [3.8, 4) is 0 Å². The molecule has 1 aromatic rings. The van der Waals surface area contributed by atoms with E-state index in [0.717, 1.165) is 5.11 Å². The van der Waals surface area contributed by atoms with Gasteiger partial charge in [-0.3, -0.25) is 4.98 Å².